The Kier molecular flexibility index (Phi) is 1.61. The molecule has 1 rings (SSSR count). The van der Waals surface area contributed by atoms with Crippen LogP contribution in [0.4, 0.5) is 0 Å². The quantitative estimate of drug-likeness (QED) is 0.332. The van der Waals surface area contributed by atoms with Crippen LogP contribution in [0.1, 0.15) is 6.92 Å². The van der Waals surface area contributed by atoms with Gasteiger partial charge in [-0.3, -0.25) is 4.79 Å². The molecule has 0 saturated carbocycles. The number of rotatable bonds is 1. The number of esters is 1. The van der Waals surface area contributed by atoms with E-state index in [0.717, 1.165) is 0 Å². The first-order chi connectivity index (χ1) is 4.63. The molecule has 2 atom stereocenters. The third-order valence-corrected chi connectivity index (χ3v) is 1.57. The van der Waals surface area contributed by atoms with Gasteiger partial charge in [-0.2, -0.15) is 0 Å². The minimum atomic E-state index is -1.34. The van der Waals surface area contributed by atoms with E-state index in [2.05, 4.69) is 4.74 Å². The van der Waals surface area contributed by atoms with Gasteiger partial charge in [0.2, 0.25) is 0 Å². The highest BCUT2D eigenvalue weighted by molar-refractivity contribution is 5.94. The molecule has 4 nitrogen and oxygen atoms in total. The second-order valence-corrected chi connectivity index (χ2v) is 2.40. The van der Waals surface area contributed by atoms with Crippen LogP contribution in [0, 0.1) is 11.8 Å². The summed E-state index contributed by atoms with van der Waals surface area (Å²) in [5, 5.41) is 10.2. The van der Waals surface area contributed by atoms with Crippen molar-refractivity contribution in [2.75, 3.05) is 6.61 Å². The minimum Gasteiger partial charge on any atom is -0.549 e. The smallest absolute Gasteiger partial charge is 0.315 e. The van der Waals surface area contributed by atoms with E-state index in [4.69, 9.17) is 0 Å². The van der Waals surface area contributed by atoms with Gasteiger partial charge < -0.3 is 14.6 Å². The van der Waals surface area contributed by atoms with Crippen molar-refractivity contribution >= 4 is 11.9 Å². The molecule has 0 aromatic carbocycles. The predicted octanol–water partition coefficient (Wildman–Crippen LogP) is -1.45. The molecule has 0 aromatic heterocycles. The van der Waals surface area contributed by atoms with E-state index in [9.17, 15) is 14.7 Å². The lowest BCUT2D eigenvalue weighted by molar-refractivity contribution is -0.310. The average molecular weight is 143 g/mol. The molecule has 10 heavy (non-hydrogen) atoms. The Hall–Kier alpha value is -1.06. The summed E-state index contributed by atoms with van der Waals surface area (Å²) in [7, 11) is 0. The number of carbonyl (C=O) groups excluding carboxylic acids is 2. The van der Waals surface area contributed by atoms with Gasteiger partial charge in [-0.05, 0) is 0 Å². The molecule has 0 bridgehead atoms. The Labute approximate surface area is 57.8 Å². The largest absolute Gasteiger partial charge is 0.549 e. The second kappa shape index (κ2) is 2.28. The van der Waals surface area contributed by atoms with Gasteiger partial charge >= 0.3 is 5.97 Å². The molecule has 0 amide bonds. The van der Waals surface area contributed by atoms with Gasteiger partial charge in [0.05, 0.1) is 12.6 Å². The van der Waals surface area contributed by atoms with Crippen LogP contribution in [-0.2, 0) is 14.3 Å². The molecule has 0 radical (unpaired) electrons. The van der Waals surface area contributed by atoms with E-state index in [0.29, 0.717) is 0 Å². The number of cyclic esters (lactones) is 1. The zero-order valence-corrected chi connectivity index (χ0v) is 5.49. The molecule has 0 aromatic rings. The third-order valence-electron chi connectivity index (χ3n) is 1.57. The first-order valence-corrected chi connectivity index (χ1v) is 3.00. The molecule has 1 aliphatic rings. The molecule has 56 valence electrons. The number of hydrogen-bond acceptors (Lipinski definition) is 4. The van der Waals surface area contributed by atoms with Crippen molar-refractivity contribution in [2.24, 2.45) is 11.8 Å². The monoisotopic (exact) mass is 143 g/mol. The van der Waals surface area contributed by atoms with Crippen LogP contribution in [0.5, 0.6) is 0 Å². The SMILES string of the molecule is C[C@@H]1COC(=O)[C@@H]1C(=O)[O-]. The molecule has 0 spiro atoms. The molecule has 1 aliphatic heterocycles. The van der Waals surface area contributed by atoms with Crippen LogP contribution < -0.4 is 5.11 Å². The number of carbonyl (C=O) groups is 2. The normalized spacial score (nSPS) is 31.9. The summed E-state index contributed by atoms with van der Waals surface area (Å²) in [6.45, 7) is 1.84. The summed E-state index contributed by atoms with van der Waals surface area (Å²) in [4.78, 5) is 20.8. The summed E-state index contributed by atoms with van der Waals surface area (Å²) in [6, 6.07) is 0. The molecule has 1 heterocycles. The van der Waals surface area contributed by atoms with Crippen molar-refractivity contribution in [2.45, 2.75) is 6.92 Å². The summed E-state index contributed by atoms with van der Waals surface area (Å²) < 4.78 is 4.48. The fraction of sp³-hybridized carbons (Fsp3) is 0.667. The van der Waals surface area contributed by atoms with Crippen molar-refractivity contribution < 1.29 is 19.4 Å². The molecule has 0 unspecified atom stereocenters. The summed E-state index contributed by atoms with van der Waals surface area (Å²) in [5.41, 5.74) is 0. The van der Waals surface area contributed by atoms with E-state index >= 15 is 0 Å². The van der Waals surface area contributed by atoms with Gasteiger partial charge in [0.25, 0.3) is 0 Å². The molecular formula is C6H7O4-. The summed E-state index contributed by atoms with van der Waals surface area (Å²) in [5.74, 6) is -3.32. The standard InChI is InChI=1S/C6H8O4/c1-3-2-10-6(9)4(3)5(7)8/h3-4H,2H2,1H3,(H,7,8)/p-1/t3-,4+/m1/s1. The fourth-order valence-corrected chi connectivity index (χ4v) is 0.960. The van der Waals surface area contributed by atoms with E-state index < -0.39 is 17.9 Å². The molecule has 1 saturated heterocycles. The maximum atomic E-state index is 10.6. The second-order valence-electron chi connectivity index (χ2n) is 2.40. The average Bonchev–Trinajstić information content (AvgIpc) is 2.11. The van der Waals surface area contributed by atoms with Crippen molar-refractivity contribution in [1.82, 2.24) is 0 Å². The first-order valence-electron chi connectivity index (χ1n) is 3.00. The molecule has 0 aliphatic carbocycles. The van der Waals surface area contributed by atoms with Crippen molar-refractivity contribution in [3.8, 4) is 0 Å². The maximum Gasteiger partial charge on any atom is 0.315 e. The van der Waals surface area contributed by atoms with E-state index in [1.807, 2.05) is 0 Å². The zero-order chi connectivity index (χ0) is 7.72. The van der Waals surface area contributed by atoms with Gasteiger partial charge in [-0.25, -0.2) is 0 Å². The Morgan fingerprint density at radius 3 is 2.60 bits per heavy atom. The highest BCUT2D eigenvalue weighted by Gasteiger charge is 2.34. The van der Waals surface area contributed by atoms with Crippen LogP contribution >= 0.6 is 0 Å². The summed E-state index contributed by atoms with van der Waals surface area (Å²) >= 11 is 0. The lowest BCUT2D eigenvalue weighted by Gasteiger charge is -2.09. The van der Waals surface area contributed by atoms with Gasteiger partial charge in [-0.15, -0.1) is 0 Å². The molecular weight excluding hydrogens is 136 g/mol. The van der Waals surface area contributed by atoms with Gasteiger partial charge in [0, 0.05) is 5.92 Å². The van der Waals surface area contributed by atoms with Crippen LogP contribution in [0.2, 0.25) is 0 Å². The lowest BCUT2D eigenvalue weighted by Crippen LogP contribution is -2.36. The highest BCUT2D eigenvalue weighted by atomic mass is 16.5. The topological polar surface area (TPSA) is 66.4 Å². The highest BCUT2D eigenvalue weighted by Crippen LogP contribution is 2.20. The molecule has 0 N–H and O–H groups in total. The van der Waals surface area contributed by atoms with Crippen LogP contribution in [0.15, 0.2) is 0 Å². The maximum absolute atomic E-state index is 10.6. The number of ether oxygens (including phenoxy) is 1. The van der Waals surface area contributed by atoms with E-state index in [1.165, 1.54) is 0 Å². The van der Waals surface area contributed by atoms with Crippen LogP contribution in [0.25, 0.3) is 0 Å². The first kappa shape index (κ1) is 7.05. The fourth-order valence-electron chi connectivity index (χ4n) is 0.960. The summed E-state index contributed by atoms with van der Waals surface area (Å²) in [6.07, 6.45) is 0. The predicted molar refractivity (Wildman–Crippen MR) is 28.6 cm³/mol. The van der Waals surface area contributed by atoms with E-state index in [-0.39, 0.29) is 12.5 Å². The van der Waals surface area contributed by atoms with Gasteiger partial charge in [0.1, 0.15) is 5.92 Å². The lowest BCUT2D eigenvalue weighted by atomic mass is 9.98. The number of carboxylic acid groups (broad SMARTS) is 1. The van der Waals surface area contributed by atoms with Crippen molar-refractivity contribution in [1.29, 1.82) is 0 Å². The Morgan fingerprint density at radius 2 is 2.40 bits per heavy atom. The number of aliphatic carboxylic acids is 1. The zero-order valence-electron chi connectivity index (χ0n) is 5.49. The molecule has 1 fully saturated rings. The third kappa shape index (κ3) is 0.964. The minimum absolute atomic E-state index is 0.192. The number of hydrogen-bond donors (Lipinski definition) is 0. The number of carboxylic acids is 1. The molecule has 4 heteroatoms. The van der Waals surface area contributed by atoms with Gasteiger partial charge in [-0.1, -0.05) is 6.92 Å². The van der Waals surface area contributed by atoms with Crippen LogP contribution in [-0.4, -0.2) is 18.5 Å². The van der Waals surface area contributed by atoms with E-state index in [1.54, 1.807) is 6.92 Å². The van der Waals surface area contributed by atoms with Crippen molar-refractivity contribution in [3.05, 3.63) is 0 Å². The Balaban J connectivity index is 2.72. The van der Waals surface area contributed by atoms with Crippen LogP contribution in [0.3, 0.4) is 0 Å². The van der Waals surface area contributed by atoms with Crippen molar-refractivity contribution in [3.63, 3.8) is 0 Å². The van der Waals surface area contributed by atoms with Gasteiger partial charge in [0.15, 0.2) is 0 Å². The Morgan fingerprint density at radius 1 is 1.80 bits per heavy atom. The Bertz CT molecular complexity index is 175.